The van der Waals surface area contributed by atoms with E-state index in [0.717, 1.165) is 12.8 Å². The second-order valence-electron chi connectivity index (χ2n) is 9.02. The molecule has 2 aliphatic rings. The highest BCUT2D eigenvalue weighted by atomic mass is 16.5. The van der Waals surface area contributed by atoms with Gasteiger partial charge in [0.2, 0.25) is 0 Å². The number of anilines is 1. The first-order valence-corrected chi connectivity index (χ1v) is 12.5. The van der Waals surface area contributed by atoms with Crippen molar-refractivity contribution in [3.63, 3.8) is 0 Å². The number of aliphatic hydroxyl groups is 1. The van der Waals surface area contributed by atoms with Gasteiger partial charge in [-0.15, -0.1) is 0 Å². The molecule has 0 aliphatic carbocycles. The number of hydrogen-bond donors (Lipinski definition) is 1. The smallest absolute Gasteiger partial charge is 0.296 e. The molecule has 1 N–H and O–H groups in total. The lowest BCUT2D eigenvalue weighted by atomic mass is 9.82. The van der Waals surface area contributed by atoms with Crippen LogP contribution in [0.3, 0.4) is 0 Å². The van der Waals surface area contributed by atoms with Crippen molar-refractivity contribution in [1.29, 1.82) is 0 Å². The summed E-state index contributed by atoms with van der Waals surface area (Å²) in [5.74, 6) is -1.96. The van der Waals surface area contributed by atoms with Gasteiger partial charge in [0.05, 0.1) is 11.3 Å². The lowest BCUT2D eigenvalue weighted by molar-refractivity contribution is -0.143. The average Bonchev–Trinajstić information content (AvgIpc) is 3.29. The maximum Gasteiger partial charge on any atom is 0.296 e. The van der Waals surface area contributed by atoms with E-state index >= 15 is 0 Å². The molecule has 37 heavy (non-hydrogen) atoms. The lowest BCUT2D eigenvalue weighted by Crippen LogP contribution is -2.52. The fourth-order valence-electron chi connectivity index (χ4n) is 5.08. The monoisotopic (exact) mass is 504 g/mol. The summed E-state index contributed by atoms with van der Waals surface area (Å²) in [6, 6.07) is 13.7. The van der Waals surface area contributed by atoms with Gasteiger partial charge in [-0.3, -0.25) is 14.4 Å². The Morgan fingerprint density at radius 3 is 2.46 bits per heavy atom. The number of fused-ring (bicyclic) bond motifs is 2. The SMILES string of the molecule is C=CCOc1ccc(C(O)=C2C(=O)C(=O)N(CCCOC)[C@]23C(=O)N(CCCC)c2ccccc23)cc1. The number of likely N-dealkylation sites (tertiary alicyclic amines) is 1. The normalized spacial score (nSPS) is 20.1. The number of ether oxygens (including phenoxy) is 2. The fourth-order valence-corrected chi connectivity index (χ4v) is 5.08. The van der Waals surface area contributed by atoms with E-state index in [9.17, 15) is 19.5 Å². The standard InChI is InChI=1S/C29H32N2O6/c1-4-6-16-30-23-11-8-7-10-22(23)29(28(30)35)24(26(33)27(34)31(29)17-9-19-36-3)25(32)20-12-14-21(15-13-20)37-18-5-2/h5,7-8,10-15,32H,2,4,6,9,16-19H2,1,3H3/t29-/m0/s1. The minimum absolute atomic E-state index is 0.116. The molecule has 1 fully saturated rings. The highest BCUT2D eigenvalue weighted by molar-refractivity contribution is 6.50. The van der Waals surface area contributed by atoms with Gasteiger partial charge in [0.1, 0.15) is 18.1 Å². The predicted octanol–water partition coefficient (Wildman–Crippen LogP) is 4.01. The van der Waals surface area contributed by atoms with Crippen molar-refractivity contribution in [3.05, 3.63) is 77.9 Å². The molecular formula is C29H32N2O6. The summed E-state index contributed by atoms with van der Waals surface area (Å²) in [6.45, 7) is 6.87. The molecule has 0 saturated carbocycles. The van der Waals surface area contributed by atoms with Crippen molar-refractivity contribution in [2.75, 3.05) is 38.3 Å². The van der Waals surface area contributed by atoms with Crippen LogP contribution in [0.25, 0.3) is 5.76 Å². The summed E-state index contributed by atoms with van der Waals surface area (Å²) < 4.78 is 10.7. The molecule has 1 saturated heterocycles. The average molecular weight is 505 g/mol. The minimum Gasteiger partial charge on any atom is -0.507 e. The minimum atomic E-state index is -1.76. The third-order valence-corrected chi connectivity index (χ3v) is 6.77. The summed E-state index contributed by atoms with van der Waals surface area (Å²) in [7, 11) is 1.55. The van der Waals surface area contributed by atoms with E-state index in [-0.39, 0.29) is 12.1 Å². The van der Waals surface area contributed by atoms with Crippen LogP contribution in [-0.2, 0) is 24.7 Å². The van der Waals surface area contributed by atoms with Crippen molar-refractivity contribution < 1.29 is 29.0 Å². The van der Waals surface area contributed by atoms with Crippen LogP contribution in [0.2, 0.25) is 0 Å². The van der Waals surface area contributed by atoms with Crippen molar-refractivity contribution in [3.8, 4) is 5.75 Å². The molecule has 0 bridgehead atoms. The van der Waals surface area contributed by atoms with Crippen LogP contribution in [-0.4, -0.2) is 61.0 Å². The third-order valence-electron chi connectivity index (χ3n) is 6.77. The van der Waals surface area contributed by atoms with Gasteiger partial charge in [-0.05, 0) is 43.2 Å². The van der Waals surface area contributed by atoms with Crippen LogP contribution in [0.15, 0.2) is 66.8 Å². The molecule has 2 aromatic carbocycles. The Labute approximate surface area is 216 Å². The van der Waals surface area contributed by atoms with E-state index in [1.807, 2.05) is 19.1 Å². The summed E-state index contributed by atoms with van der Waals surface area (Å²) in [6.07, 6.45) is 3.65. The van der Waals surface area contributed by atoms with Gasteiger partial charge in [-0.2, -0.15) is 0 Å². The molecule has 8 nitrogen and oxygen atoms in total. The van der Waals surface area contributed by atoms with Gasteiger partial charge in [-0.1, -0.05) is 44.2 Å². The van der Waals surface area contributed by atoms with Crippen molar-refractivity contribution in [2.45, 2.75) is 31.7 Å². The molecule has 1 atom stereocenters. The first-order valence-electron chi connectivity index (χ1n) is 12.5. The van der Waals surface area contributed by atoms with Crippen molar-refractivity contribution >= 4 is 29.0 Å². The zero-order valence-corrected chi connectivity index (χ0v) is 21.2. The number of carbonyl (C=O) groups excluding carboxylic acids is 3. The van der Waals surface area contributed by atoms with E-state index in [1.54, 1.807) is 54.5 Å². The number of aliphatic hydroxyl groups excluding tert-OH is 1. The number of carbonyl (C=O) groups is 3. The first-order chi connectivity index (χ1) is 17.9. The van der Waals surface area contributed by atoms with Crippen LogP contribution in [0.5, 0.6) is 5.75 Å². The maximum absolute atomic E-state index is 14.3. The van der Waals surface area contributed by atoms with E-state index in [4.69, 9.17) is 9.47 Å². The Balaban J connectivity index is 1.92. The number of benzene rings is 2. The zero-order valence-electron chi connectivity index (χ0n) is 21.2. The van der Waals surface area contributed by atoms with Crippen LogP contribution in [0.4, 0.5) is 5.69 Å². The third kappa shape index (κ3) is 4.31. The van der Waals surface area contributed by atoms with Crippen LogP contribution >= 0.6 is 0 Å². The number of para-hydroxylation sites is 1. The molecule has 4 rings (SSSR count). The Bertz CT molecular complexity index is 1240. The Hall–Kier alpha value is -3.91. The Morgan fingerprint density at radius 1 is 1.05 bits per heavy atom. The van der Waals surface area contributed by atoms with Gasteiger partial charge in [0.15, 0.2) is 5.54 Å². The number of unbranched alkanes of at least 4 members (excludes halogenated alkanes) is 1. The summed E-state index contributed by atoms with van der Waals surface area (Å²) in [4.78, 5) is 44.3. The molecule has 194 valence electrons. The van der Waals surface area contributed by atoms with Gasteiger partial charge in [0.25, 0.3) is 17.6 Å². The van der Waals surface area contributed by atoms with E-state index in [0.29, 0.717) is 48.7 Å². The molecule has 2 aromatic rings. The number of hydrogen-bond acceptors (Lipinski definition) is 6. The number of amides is 2. The molecule has 2 heterocycles. The fraction of sp³-hybridized carbons (Fsp3) is 0.345. The summed E-state index contributed by atoms with van der Waals surface area (Å²) in [5, 5.41) is 11.5. The van der Waals surface area contributed by atoms with Gasteiger partial charge in [-0.25, -0.2) is 0 Å². The largest absolute Gasteiger partial charge is 0.507 e. The lowest BCUT2D eigenvalue weighted by Gasteiger charge is -2.34. The zero-order chi connectivity index (χ0) is 26.6. The van der Waals surface area contributed by atoms with Crippen molar-refractivity contribution in [2.24, 2.45) is 0 Å². The van der Waals surface area contributed by atoms with Crippen LogP contribution < -0.4 is 9.64 Å². The second kappa shape index (κ2) is 11.0. The molecule has 2 aliphatic heterocycles. The van der Waals surface area contributed by atoms with Gasteiger partial charge >= 0.3 is 0 Å². The topological polar surface area (TPSA) is 96.4 Å². The maximum atomic E-state index is 14.3. The van der Waals surface area contributed by atoms with E-state index < -0.39 is 28.9 Å². The first kappa shape index (κ1) is 26.2. The number of nitrogens with zero attached hydrogens (tertiary/aromatic N) is 2. The Kier molecular flexibility index (Phi) is 7.78. The summed E-state index contributed by atoms with van der Waals surface area (Å²) in [5.41, 5.74) is -0.517. The quantitative estimate of drug-likeness (QED) is 0.163. The van der Waals surface area contributed by atoms with Gasteiger partial charge < -0.3 is 24.4 Å². The predicted molar refractivity (Wildman–Crippen MR) is 140 cm³/mol. The molecule has 8 heteroatoms. The van der Waals surface area contributed by atoms with Crippen LogP contribution in [0, 0.1) is 0 Å². The highest BCUT2D eigenvalue weighted by Gasteiger charge is 2.66. The number of methoxy groups -OCH3 is 1. The summed E-state index contributed by atoms with van der Waals surface area (Å²) >= 11 is 0. The number of Topliss-reactive ketones (excluding diaryl/α,β-unsaturated/α-hetero) is 1. The second-order valence-corrected chi connectivity index (χ2v) is 9.02. The molecule has 2 amide bonds. The molecule has 0 unspecified atom stereocenters. The number of rotatable bonds is 11. The molecule has 0 aromatic heterocycles. The Morgan fingerprint density at radius 2 is 1.78 bits per heavy atom. The van der Waals surface area contributed by atoms with Crippen LogP contribution in [0.1, 0.15) is 37.3 Å². The van der Waals surface area contributed by atoms with E-state index in [2.05, 4.69) is 6.58 Å². The number of ketones is 1. The highest BCUT2D eigenvalue weighted by Crippen LogP contribution is 2.53. The van der Waals surface area contributed by atoms with Crippen molar-refractivity contribution in [1.82, 2.24) is 4.90 Å². The molecular weight excluding hydrogens is 472 g/mol. The van der Waals surface area contributed by atoms with E-state index in [1.165, 1.54) is 4.90 Å². The van der Waals surface area contributed by atoms with Gasteiger partial charge in [0, 0.05) is 37.9 Å². The molecule has 1 spiro atoms. The molecule has 0 radical (unpaired) electrons.